The van der Waals surface area contributed by atoms with E-state index in [-0.39, 0.29) is 76.0 Å². The third-order valence-electron chi connectivity index (χ3n) is 10.9. The Bertz CT molecular complexity index is 2360. The number of aliphatic hydroxyl groups is 1. The summed E-state index contributed by atoms with van der Waals surface area (Å²) in [6.45, 7) is 5.95. The smallest absolute Gasteiger partial charge is 0.319 e. The largest absolute Gasteiger partial charge is 0.508 e. The molecule has 3 aliphatic rings. The number of aliphatic hydroxyl groups excluding tert-OH is 1. The van der Waals surface area contributed by atoms with Crippen molar-refractivity contribution in [3.63, 3.8) is 0 Å². The number of methoxy groups -OCH3 is 1. The van der Waals surface area contributed by atoms with Crippen LogP contribution >= 0.6 is 0 Å². The van der Waals surface area contributed by atoms with Crippen LogP contribution in [-0.2, 0) is 13.1 Å². The number of ether oxygens (including phenoxy) is 2. The lowest BCUT2D eigenvalue weighted by Crippen LogP contribution is -2.43. The van der Waals surface area contributed by atoms with Crippen LogP contribution < -0.4 is 19.7 Å². The molecular formula is C40H41F4N7O4. The molecule has 0 bridgehead atoms. The second-order valence-electron chi connectivity index (χ2n) is 14.9. The van der Waals surface area contributed by atoms with Crippen molar-refractivity contribution in [3.05, 3.63) is 64.7 Å². The summed E-state index contributed by atoms with van der Waals surface area (Å²) in [4.78, 5) is 13.2. The summed E-state index contributed by atoms with van der Waals surface area (Å²) in [5, 5.41) is 29.3. The molecule has 3 aromatic carbocycles. The van der Waals surface area contributed by atoms with Crippen molar-refractivity contribution in [2.75, 3.05) is 38.3 Å². The molecule has 0 amide bonds. The highest BCUT2D eigenvalue weighted by Gasteiger charge is 2.49. The van der Waals surface area contributed by atoms with Gasteiger partial charge in [-0.1, -0.05) is 12.0 Å². The molecule has 1 unspecified atom stereocenters. The molecule has 5 heterocycles. The number of nitrogens with one attached hydrogen (secondary N) is 1. The number of anilines is 1. The fraction of sp³-hybridized carbons (Fsp3) is 0.425. The highest BCUT2D eigenvalue weighted by atomic mass is 19.1. The third-order valence-corrected chi connectivity index (χ3v) is 10.9. The highest BCUT2D eigenvalue weighted by molar-refractivity contribution is 6.06. The Labute approximate surface area is 314 Å². The number of fused-ring (bicyclic) bond motifs is 4. The summed E-state index contributed by atoms with van der Waals surface area (Å²) in [5.41, 5.74) is -0.882. The van der Waals surface area contributed by atoms with Crippen LogP contribution in [0.3, 0.4) is 0 Å². The molecule has 0 saturated carbocycles. The zero-order valence-electron chi connectivity index (χ0n) is 30.7. The third kappa shape index (κ3) is 6.35. The quantitative estimate of drug-likeness (QED) is 0.0923. The zero-order chi connectivity index (χ0) is 38.8. The number of hydrogen-bond donors (Lipinski definition) is 3. The lowest BCUT2D eigenvalue weighted by Gasteiger charge is -2.31. The average Bonchev–Trinajstić information content (AvgIpc) is 3.77. The van der Waals surface area contributed by atoms with Crippen LogP contribution in [0, 0.1) is 29.8 Å². The monoisotopic (exact) mass is 759 g/mol. The number of aryl methyl sites for hydroxylation is 1. The summed E-state index contributed by atoms with van der Waals surface area (Å²) in [6, 6.07) is 6.47. The van der Waals surface area contributed by atoms with Crippen molar-refractivity contribution in [2.45, 2.75) is 76.6 Å². The Balaban J connectivity index is 1.32. The first-order valence-electron chi connectivity index (χ1n) is 18.4. The minimum Gasteiger partial charge on any atom is -0.508 e. The highest BCUT2D eigenvalue weighted by Crippen LogP contribution is 2.47. The van der Waals surface area contributed by atoms with Crippen molar-refractivity contribution in [2.24, 2.45) is 0 Å². The van der Waals surface area contributed by atoms with E-state index in [1.54, 1.807) is 10.7 Å². The van der Waals surface area contributed by atoms with Crippen LogP contribution in [0.25, 0.3) is 32.8 Å². The molecule has 5 aromatic rings. The van der Waals surface area contributed by atoms with E-state index in [4.69, 9.17) is 20.9 Å². The van der Waals surface area contributed by atoms with Crippen molar-refractivity contribution in [1.29, 1.82) is 0 Å². The van der Waals surface area contributed by atoms with Gasteiger partial charge in [0, 0.05) is 43.0 Å². The van der Waals surface area contributed by atoms with Crippen molar-refractivity contribution in [3.8, 4) is 41.0 Å². The van der Waals surface area contributed by atoms with Gasteiger partial charge in [-0.05, 0) is 69.3 Å². The lowest BCUT2D eigenvalue weighted by atomic mass is 9.92. The molecule has 288 valence electrons. The van der Waals surface area contributed by atoms with Crippen molar-refractivity contribution in [1.82, 2.24) is 30.0 Å². The fourth-order valence-corrected chi connectivity index (χ4v) is 8.57. The molecule has 8 rings (SSSR count). The van der Waals surface area contributed by atoms with Gasteiger partial charge in [0.1, 0.15) is 47.6 Å². The van der Waals surface area contributed by atoms with Crippen LogP contribution in [0.2, 0.25) is 0 Å². The Kier molecular flexibility index (Phi) is 9.47. The molecule has 2 aromatic heterocycles. The van der Waals surface area contributed by atoms with E-state index in [0.29, 0.717) is 38.2 Å². The van der Waals surface area contributed by atoms with Crippen LogP contribution in [0.5, 0.6) is 17.5 Å². The standard InChI is InChI=1S/C40H41F4N7O4/c1-5-26-28(42)9-8-22-14-25(52)16-27(30(22)26)31-33(43)35-32(36(54-4)34(31)44)37(47-39(46-35)55-20-40-10-6-12-50(40)18-23(41)17-40)49-11-7-13-51-24(19-49)15-29(48-51)38(53)45-21(2)3/h1,8-9,14-16,21,23,38,45,52-53H,6-7,10-13,17-20H2,2-4H3/t23-,38?,40+/m1/s1. The van der Waals surface area contributed by atoms with Gasteiger partial charge in [0.25, 0.3) is 0 Å². The molecule has 11 nitrogen and oxygen atoms in total. The van der Waals surface area contributed by atoms with Gasteiger partial charge in [-0.3, -0.25) is 14.9 Å². The lowest BCUT2D eigenvalue weighted by molar-refractivity contribution is 0.107. The maximum atomic E-state index is 17.4. The van der Waals surface area contributed by atoms with Gasteiger partial charge in [-0.25, -0.2) is 17.6 Å². The van der Waals surface area contributed by atoms with Gasteiger partial charge in [-0.2, -0.15) is 15.1 Å². The van der Waals surface area contributed by atoms with Gasteiger partial charge in [-0.15, -0.1) is 6.42 Å². The number of aromatic nitrogens is 4. The van der Waals surface area contributed by atoms with Gasteiger partial charge in [0.2, 0.25) is 0 Å². The number of nitrogens with zero attached hydrogens (tertiary/aromatic N) is 6. The van der Waals surface area contributed by atoms with Gasteiger partial charge in [0.05, 0.1) is 41.4 Å². The van der Waals surface area contributed by atoms with Gasteiger partial charge < -0.3 is 24.6 Å². The van der Waals surface area contributed by atoms with Crippen LogP contribution in [0.1, 0.15) is 62.7 Å². The number of alkyl halides is 1. The first-order valence-corrected chi connectivity index (χ1v) is 18.4. The molecule has 0 radical (unpaired) electrons. The van der Waals surface area contributed by atoms with Crippen LogP contribution in [0.4, 0.5) is 23.4 Å². The van der Waals surface area contributed by atoms with E-state index in [9.17, 15) is 14.6 Å². The summed E-state index contributed by atoms with van der Waals surface area (Å²) in [7, 11) is 1.23. The van der Waals surface area contributed by atoms with E-state index >= 15 is 13.2 Å². The average molecular weight is 760 g/mol. The van der Waals surface area contributed by atoms with E-state index in [1.807, 2.05) is 18.7 Å². The van der Waals surface area contributed by atoms with E-state index in [0.717, 1.165) is 30.8 Å². The van der Waals surface area contributed by atoms with Crippen LogP contribution in [-0.4, -0.2) is 86.0 Å². The molecule has 3 aliphatic heterocycles. The first kappa shape index (κ1) is 36.8. The number of hydrogen-bond acceptors (Lipinski definition) is 10. The predicted molar refractivity (Wildman–Crippen MR) is 198 cm³/mol. The molecular weight excluding hydrogens is 718 g/mol. The molecule has 2 fully saturated rings. The van der Waals surface area contributed by atoms with E-state index < -0.39 is 46.7 Å². The predicted octanol–water partition coefficient (Wildman–Crippen LogP) is 6.11. The Morgan fingerprint density at radius 2 is 1.89 bits per heavy atom. The van der Waals surface area contributed by atoms with Gasteiger partial charge in [0.15, 0.2) is 17.4 Å². The normalized spacial score (nSPS) is 20.5. The van der Waals surface area contributed by atoms with E-state index in [1.165, 1.54) is 19.2 Å². The molecule has 0 spiro atoms. The minimum atomic E-state index is -1.14. The number of terminal acetylenes is 1. The first-order chi connectivity index (χ1) is 26.4. The Morgan fingerprint density at radius 1 is 1.07 bits per heavy atom. The number of benzene rings is 3. The SMILES string of the molecule is C#Cc1c(F)ccc2cc(O)cc(-c3c(F)c(OC)c4c(N5CCCn6nc(C(O)NC(C)C)cc6C5)nc(OC[C@@]56CCCN5C[C@H](F)C6)nc4c3F)c12. The number of phenolic OH excluding ortho intramolecular Hbond substituents is 1. The molecule has 0 aliphatic carbocycles. The van der Waals surface area contributed by atoms with Crippen molar-refractivity contribution >= 4 is 27.5 Å². The number of halogens is 4. The fourth-order valence-electron chi connectivity index (χ4n) is 8.57. The van der Waals surface area contributed by atoms with Crippen molar-refractivity contribution < 1.29 is 37.2 Å². The maximum Gasteiger partial charge on any atom is 0.319 e. The molecule has 15 heteroatoms. The Morgan fingerprint density at radius 3 is 2.65 bits per heavy atom. The number of phenols is 1. The molecule has 3 N–H and O–H groups in total. The van der Waals surface area contributed by atoms with Crippen LogP contribution in [0.15, 0.2) is 30.3 Å². The summed E-state index contributed by atoms with van der Waals surface area (Å²) in [5.74, 6) is -1.39. The summed E-state index contributed by atoms with van der Waals surface area (Å²) in [6.07, 6.45) is 6.09. The zero-order valence-corrected chi connectivity index (χ0v) is 30.7. The Hall–Kier alpha value is -5.17. The maximum absolute atomic E-state index is 17.4. The molecule has 2 saturated heterocycles. The number of rotatable bonds is 9. The second kappa shape index (κ2) is 14.2. The molecule has 55 heavy (non-hydrogen) atoms. The topological polar surface area (TPSA) is 121 Å². The number of aromatic hydroxyl groups is 1. The van der Waals surface area contributed by atoms with E-state index in [2.05, 4.69) is 26.2 Å². The summed E-state index contributed by atoms with van der Waals surface area (Å²) < 4.78 is 77.9. The molecule has 3 atom stereocenters. The van der Waals surface area contributed by atoms with Gasteiger partial charge >= 0.3 is 6.01 Å². The summed E-state index contributed by atoms with van der Waals surface area (Å²) >= 11 is 0. The second-order valence-corrected chi connectivity index (χ2v) is 14.9. The minimum absolute atomic E-state index is 0.00754.